The van der Waals surface area contributed by atoms with Crippen LogP contribution in [-0.2, 0) is 9.59 Å². The van der Waals surface area contributed by atoms with E-state index in [1.165, 1.54) is 11.1 Å². The van der Waals surface area contributed by atoms with Crippen LogP contribution < -0.4 is 11.2 Å². The Hall–Kier alpha value is -2.44. The van der Waals surface area contributed by atoms with Crippen molar-refractivity contribution in [2.24, 2.45) is 34.0 Å². The molecule has 0 aromatic carbocycles. The Morgan fingerprint density at radius 3 is 2.81 bits per heavy atom. The summed E-state index contributed by atoms with van der Waals surface area (Å²) in [6.45, 7) is 2.22. The van der Waals surface area contributed by atoms with Crippen LogP contribution in [0.4, 0.5) is 0 Å². The first-order chi connectivity index (χ1) is 15.3. The van der Waals surface area contributed by atoms with Crippen molar-refractivity contribution in [3.05, 3.63) is 22.8 Å². The van der Waals surface area contributed by atoms with Crippen LogP contribution in [0.5, 0.6) is 0 Å². The molecule has 0 radical (unpaired) electrons. The van der Waals surface area contributed by atoms with Crippen LogP contribution in [0, 0.1) is 28.6 Å². The molecule has 5 N–H and O–H groups in total. The number of aliphatic carboxylic acids is 1. The Morgan fingerprint density at radius 2 is 2.06 bits per heavy atom. The summed E-state index contributed by atoms with van der Waals surface area (Å²) in [5.74, 6) is 0.976. The van der Waals surface area contributed by atoms with E-state index in [4.69, 9.17) is 16.2 Å². The number of unbranched alkanes of at least 4 members (excludes halogenated alkanes) is 2. The fraction of sp³-hybridized carbons (Fsp3) is 0.680. The number of carbonyl (C=O) groups excluding carboxylic acids is 1. The summed E-state index contributed by atoms with van der Waals surface area (Å²) in [4.78, 5) is 23.8. The summed E-state index contributed by atoms with van der Waals surface area (Å²) in [7, 11) is 0. The molecular weight excluding hydrogens is 404 g/mol. The maximum Gasteiger partial charge on any atom is 0.303 e. The van der Waals surface area contributed by atoms with Crippen molar-refractivity contribution < 1.29 is 14.7 Å². The maximum absolute atomic E-state index is 12.9. The first kappa shape index (κ1) is 22.7. The molecule has 174 valence electrons. The third-order valence-corrected chi connectivity index (χ3v) is 8.33. The Morgan fingerprint density at radius 1 is 1.25 bits per heavy atom. The van der Waals surface area contributed by atoms with Crippen molar-refractivity contribution in [2.45, 2.75) is 84.0 Å². The van der Waals surface area contributed by atoms with Gasteiger partial charge in [-0.25, -0.2) is 5.43 Å². The van der Waals surface area contributed by atoms with Gasteiger partial charge < -0.3 is 10.8 Å². The van der Waals surface area contributed by atoms with E-state index in [0.717, 1.165) is 76.3 Å². The molecule has 4 atom stereocenters. The third kappa shape index (κ3) is 4.39. The second-order valence-corrected chi connectivity index (χ2v) is 10.3. The van der Waals surface area contributed by atoms with Gasteiger partial charge in [0, 0.05) is 18.3 Å². The van der Waals surface area contributed by atoms with Gasteiger partial charge in [0.1, 0.15) is 5.78 Å². The van der Waals surface area contributed by atoms with Crippen molar-refractivity contribution in [3.63, 3.8) is 0 Å². The molecule has 0 aromatic heterocycles. The van der Waals surface area contributed by atoms with Crippen molar-refractivity contribution in [1.29, 1.82) is 5.41 Å². The average Bonchev–Trinajstić information content (AvgIpc) is 3.05. The fourth-order valence-corrected chi connectivity index (χ4v) is 6.94. The number of allylic oxidation sites excluding steroid dienone is 4. The number of carboxylic acids is 1. The molecule has 0 spiro atoms. The lowest BCUT2D eigenvalue weighted by Crippen LogP contribution is -2.44. The maximum atomic E-state index is 12.9. The second-order valence-electron chi connectivity index (χ2n) is 10.3. The number of hydrogen-bond acceptors (Lipinski definition) is 4. The lowest BCUT2D eigenvalue weighted by Gasteiger charge is -2.50. The topological polar surface area (TPSA) is 129 Å². The summed E-state index contributed by atoms with van der Waals surface area (Å²) in [6.07, 6.45) is 12.8. The molecule has 0 heterocycles. The quantitative estimate of drug-likeness (QED) is 0.203. The van der Waals surface area contributed by atoms with Crippen molar-refractivity contribution in [1.82, 2.24) is 5.43 Å². The van der Waals surface area contributed by atoms with Crippen LogP contribution in [0.2, 0.25) is 0 Å². The lowest BCUT2D eigenvalue weighted by atomic mass is 9.53. The number of hydrogen-bond donors (Lipinski definition) is 4. The number of nitrogens with two attached hydrogens (primary N) is 1. The predicted octanol–water partition coefficient (Wildman–Crippen LogP) is 4.29. The SMILES string of the molecule is C[C@]12C[C@H](CCCCCC(=O)O)C3=C4CCC(=NNC(=N)N)C=C4CC[C@H]3[C@@H]1CCC2=O. The lowest BCUT2D eigenvalue weighted by molar-refractivity contribution is -0.137. The van der Waals surface area contributed by atoms with E-state index in [0.29, 0.717) is 23.5 Å². The van der Waals surface area contributed by atoms with Gasteiger partial charge in [0.15, 0.2) is 0 Å². The molecule has 0 unspecified atom stereocenters. The number of guanidine groups is 1. The normalized spacial score (nSPS) is 32.8. The highest BCUT2D eigenvalue weighted by Gasteiger charge is 2.55. The monoisotopic (exact) mass is 440 g/mol. The van der Waals surface area contributed by atoms with Gasteiger partial charge in [0.2, 0.25) is 5.96 Å². The molecule has 0 amide bonds. The van der Waals surface area contributed by atoms with E-state index in [1.807, 2.05) is 0 Å². The number of hydrazone groups is 1. The number of rotatable bonds is 7. The Labute approximate surface area is 190 Å². The number of nitrogens with one attached hydrogen (secondary N) is 2. The van der Waals surface area contributed by atoms with Crippen molar-refractivity contribution in [2.75, 3.05) is 0 Å². The molecule has 0 bridgehead atoms. The van der Waals surface area contributed by atoms with Crippen molar-refractivity contribution in [3.8, 4) is 0 Å². The molecule has 7 nitrogen and oxygen atoms in total. The first-order valence-electron chi connectivity index (χ1n) is 12.1. The van der Waals surface area contributed by atoms with E-state index in [9.17, 15) is 9.59 Å². The standard InChI is InChI=1S/C25H36N4O3/c1-25-14-16(5-3-2-4-6-22(31)32)23-18-10-8-17(28-29-24(26)27)13-15(18)7-9-19(23)20(25)11-12-21(25)30/h13,16,19-20H,2-12,14H2,1H3,(H,31,32)(H4,26,27,29)/t16-,19-,20-,25-/m0/s1. The molecule has 4 rings (SSSR count). The Kier molecular flexibility index (Phi) is 6.54. The summed E-state index contributed by atoms with van der Waals surface area (Å²) < 4.78 is 0. The molecule has 7 heteroatoms. The molecular formula is C25H36N4O3. The minimum atomic E-state index is -0.722. The zero-order valence-corrected chi connectivity index (χ0v) is 19.1. The number of nitrogens with zero attached hydrogens (tertiary/aromatic N) is 1. The second kappa shape index (κ2) is 9.20. The van der Waals surface area contributed by atoms with Gasteiger partial charge in [-0.15, -0.1) is 0 Å². The van der Waals surface area contributed by atoms with E-state index >= 15 is 0 Å². The zero-order valence-electron chi connectivity index (χ0n) is 19.1. The van der Waals surface area contributed by atoms with Gasteiger partial charge in [-0.2, -0.15) is 5.10 Å². The van der Waals surface area contributed by atoms with Crippen LogP contribution in [0.15, 0.2) is 27.9 Å². The molecule has 0 aromatic rings. The number of Topliss-reactive ketones (excluding diaryl/α,β-unsaturated/α-hetero) is 1. The summed E-state index contributed by atoms with van der Waals surface area (Å²) >= 11 is 0. The van der Waals surface area contributed by atoms with Gasteiger partial charge in [0.25, 0.3) is 0 Å². The van der Waals surface area contributed by atoms with Gasteiger partial charge in [-0.1, -0.05) is 25.3 Å². The van der Waals surface area contributed by atoms with Crippen LogP contribution in [0.25, 0.3) is 0 Å². The molecule has 4 aliphatic rings. The molecule has 2 fully saturated rings. The number of carboxylic acid groups (broad SMARTS) is 1. The predicted molar refractivity (Wildman–Crippen MR) is 124 cm³/mol. The summed E-state index contributed by atoms with van der Waals surface area (Å²) in [5, 5.41) is 20.5. The minimum absolute atomic E-state index is 0.149. The molecule has 0 aliphatic heterocycles. The van der Waals surface area contributed by atoms with Crippen LogP contribution in [0.3, 0.4) is 0 Å². The van der Waals surface area contributed by atoms with E-state index < -0.39 is 5.97 Å². The largest absolute Gasteiger partial charge is 0.481 e. The van der Waals surface area contributed by atoms with Crippen LogP contribution in [0.1, 0.15) is 84.0 Å². The highest BCUT2D eigenvalue weighted by Crippen LogP contribution is 2.61. The number of carbonyl (C=O) groups is 2. The zero-order chi connectivity index (χ0) is 22.9. The molecule has 2 saturated carbocycles. The fourth-order valence-electron chi connectivity index (χ4n) is 6.94. The highest BCUT2D eigenvalue weighted by molar-refractivity contribution is 5.98. The van der Waals surface area contributed by atoms with Gasteiger partial charge in [-0.3, -0.25) is 15.0 Å². The number of ketones is 1. The minimum Gasteiger partial charge on any atom is -0.481 e. The third-order valence-electron chi connectivity index (χ3n) is 8.33. The molecule has 32 heavy (non-hydrogen) atoms. The Balaban J connectivity index is 1.60. The first-order valence-corrected chi connectivity index (χ1v) is 12.1. The summed E-state index contributed by atoms with van der Waals surface area (Å²) in [5.41, 5.74) is 13.2. The van der Waals surface area contributed by atoms with Gasteiger partial charge >= 0.3 is 5.97 Å². The highest BCUT2D eigenvalue weighted by atomic mass is 16.4. The smallest absolute Gasteiger partial charge is 0.303 e. The van der Waals surface area contributed by atoms with Gasteiger partial charge in [0.05, 0.1) is 5.71 Å². The number of fused-ring (bicyclic) bond motifs is 4. The van der Waals surface area contributed by atoms with Crippen molar-refractivity contribution >= 4 is 23.4 Å². The Bertz CT molecular complexity index is 903. The van der Waals surface area contributed by atoms with E-state index in [1.54, 1.807) is 5.57 Å². The van der Waals surface area contributed by atoms with E-state index in [2.05, 4.69) is 23.5 Å². The molecule has 4 aliphatic carbocycles. The average molecular weight is 441 g/mol. The van der Waals surface area contributed by atoms with Gasteiger partial charge in [-0.05, 0) is 86.3 Å². The summed E-state index contributed by atoms with van der Waals surface area (Å²) in [6, 6.07) is 0. The van der Waals surface area contributed by atoms with Crippen LogP contribution in [-0.4, -0.2) is 28.5 Å². The van der Waals surface area contributed by atoms with Crippen LogP contribution >= 0.6 is 0 Å². The van der Waals surface area contributed by atoms with E-state index in [-0.39, 0.29) is 17.8 Å². The molecule has 0 saturated heterocycles.